The summed E-state index contributed by atoms with van der Waals surface area (Å²) < 4.78 is 10.4. The smallest absolute Gasteiger partial charge is 0.259 e. The molecule has 0 spiro atoms. The Kier molecular flexibility index (Phi) is 3.75. The van der Waals surface area contributed by atoms with Crippen LogP contribution in [0.2, 0.25) is 15.3 Å². The van der Waals surface area contributed by atoms with Crippen molar-refractivity contribution < 1.29 is 14.3 Å². The molecule has 0 saturated carbocycles. The van der Waals surface area contributed by atoms with Gasteiger partial charge in [0.05, 0.1) is 16.3 Å². The second-order valence-electron chi connectivity index (χ2n) is 4.01. The number of ether oxygens (including phenoxy) is 2. The van der Waals surface area contributed by atoms with Crippen molar-refractivity contribution in [2.24, 2.45) is 0 Å². The quantitative estimate of drug-likeness (QED) is 0.902. The standard InChI is InChI=1S/C12H6Cl3N3O3/c13-6-2-8-9(21-4-20-8)3-7(6)16-12(19)5-1-10(14)17-18-11(5)15/h1-3H,4H2,(H,16,19). The van der Waals surface area contributed by atoms with Crippen LogP contribution < -0.4 is 14.8 Å². The molecule has 21 heavy (non-hydrogen) atoms. The van der Waals surface area contributed by atoms with Gasteiger partial charge in [0.1, 0.15) is 0 Å². The van der Waals surface area contributed by atoms with Crippen molar-refractivity contribution in [1.82, 2.24) is 10.2 Å². The fraction of sp³-hybridized carbons (Fsp3) is 0.0833. The zero-order valence-electron chi connectivity index (χ0n) is 10.2. The van der Waals surface area contributed by atoms with E-state index in [9.17, 15) is 4.79 Å². The van der Waals surface area contributed by atoms with Gasteiger partial charge in [0, 0.05) is 12.1 Å². The van der Waals surface area contributed by atoms with Gasteiger partial charge in [0.2, 0.25) is 6.79 Å². The van der Waals surface area contributed by atoms with Crippen molar-refractivity contribution in [3.05, 3.63) is 39.1 Å². The zero-order valence-corrected chi connectivity index (χ0v) is 12.5. The summed E-state index contributed by atoms with van der Waals surface area (Å²) in [6.07, 6.45) is 0. The maximum atomic E-state index is 12.2. The number of amides is 1. The van der Waals surface area contributed by atoms with Crippen molar-refractivity contribution in [2.45, 2.75) is 0 Å². The Bertz CT molecular complexity index is 739. The van der Waals surface area contributed by atoms with Gasteiger partial charge in [-0.25, -0.2) is 0 Å². The lowest BCUT2D eigenvalue weighted by Gasteiger charge is -2.09. The lowest BCUT2D eigenvalue weighted by molar-refractivity contribution is 0.102. The highest BCUT2D eigenvalue weighted by Gasteiger charge is 2.19. The van der Waals surface area contributed by atoms with Crippen LogP contribution >= 0.6 is 34.8 Å². The van der Waals surface area contributed by atoms with Crippen molar-refractivity contribution >= 4 is 46.4 Å². The minimum Gasteiger partial charge on any atom is -0.454 e. The predicted octanol–water partition coefficient (Wildman–Crippen LogP) is 3.42. The number of anilines is 1. The maximum absolute atomic E-state index is 12.2. The average Bonchev–Trinajstić information content (AvgIpc) is 2.88. The lowest BCUT2D eigenvalue weighted by atomic mass is 10.2. The van der Waals surface area contributed by atoms with Gasteiger partial charge in [-0.05, 0) is 6.07 Å². The molecule has 1 aliphatic rings. The largest absolute Gasteiger partial charge is 0.454 e. The third-order valence-electron chi connectivity index (χ3n) is 2.67. The molecule has 2 aromatic rings. The SMILES string of the molecule is O=C(Nc1cc2c(cc1Cl)OCO2)c1cc(Cl)nnc1Cl. The van der Waals surface area contributed by atoms with E-state index >= 15 is 0 Å². The fourth-order valence-corrected chi connectivity index (χ4v) is 2.24. The molecule has 0 radical (unpaired) electrons. The van der Waals surface area contributed by atoms with Crippen molar-refractivity contribution in [2.75, 3.05) is 12.1 Å². The first-order chi connectivity index (χ1) is 10.0. The number of nitrogens with one attached hydrogen (secondary N) is 1. The number of nitrogens with zero attached hydrogens (tertiary/aromatic N) is 2. The van der Waals surface area contributed by atoms with E-state index in [1.54, 1.807) is 12.1 Å². The number of fused-ring (bicyclic) bond motifs is 1. The maximum Gasteiger partial charge on any atom is 0.259 e. The number of hydrogen-bond acceptors (Lipinski definition) is 5. The van der Waals surface area contributed by atoms with E-state index in [-0.39, 0.29) is 22.7 Å². The number of aromatic nitrogens is 2. The summed E-state index contributed by atoms with van der Waals surface area (Å²) in [6, 6.07) is 4.43. The molecule has 1 amide bonds. The van der Waals surface area contributed by atoms with Crippen molar-refractivity contribution in [1.29, 1.82) is 0 Å². The van der Waals surface area contributed by atoms with Crippen LogP contribution in [0.5, 0.6) is 11.5 Å². The molecule has 0 unspecified atom stereocenters. The minimum atomic E-state index is -0.516. The van der Waals surface area contributed by atoms with Gasteiger partial charge < -0.3 is 14.8 Å². The molecule has 2 heterocycles. The monoisotopic (exact) mass is 345 g/mol. The van der Waals surface area contributed by atoms with Crippen LogP contribution in [0.1, 0.15) is 10.4 Å². The topological polar surface area (TPSA) is 73.3 Å². The Morgan fingerprint density at radius 2 is 1.81 bits per heavy atom. The molecule has 0 atom stereocenters. The Balaban J connectivity index is 1.90. The molecule has 108 valence electrons. The van der Waals surface area contributed by atoms with E-state index in [1.165, 1.54) is 6.07 Å². The number of carbonyl (C=O) groups is 1. The summed E-state index contributed by atoms with van der Waals surface area (Å²) in [5, 5.41) is 10.0. The third-order valence-corrected chi connectivity index (χ3v) is 3.45. The van der Waals surface area contributed by atoms with Gasteiger partial charge in [0.15, 0.2) is 21.8 Å². The lowest BCUT2D eigenvalue weighted by Crippen LogP contribution is -2.14. The molecule has 1 aromatic heterocycles. The summed E-state index contributed by atoms with van der Waals surface area (Å²) >= 11 is 17.6. The molecule has 1 aliphatic heterocycles. The number of hydrogen-bond donors (Lipinski definition) is 1. The van der Waals surface area contributed by atoms with Crippen LogP contribution in [0, 0.1) is 0 Å². The average molecular weight is 347 g/mol. The highest BCUT2D eigenvalue weighted by atomic mass is 35.5. The minimum absolute atomic E-state index is 0.0568. The Morgan fingerprint density at radius 1 is 1.10 bits per heavy atom. The number of halogens is 3. The van der Waals surface area contributed by atoms with E-state index in [1.807, 2.05) is 0 Å². The van der Waals surface area contributed by atoms with Gasteiger partial charge in [0.25, 0.3) is 5.91 Å². The first-order valence-electron chi connectivity index (χ1n) is 5.64. The fourth-order valence-electron chi connectivity index (χ4n) is 1.71. The summed E-state index contributed by atoms with van der Waals surface area (Å²) in [4.78, 5) is 12.2. The second kappa shape index (κ2) is 5.55. The zero-order chi connectivity index (χ0) is 15.0. The van der Waals surface area contributed by atoms with E-state index in [4.69, 9.17) is 44.3 Å². The van der Waals surface area contributed by atoms with Crippen LogP contribution in [-0.4, -0.2) is 22.9 Å². The molecule has 0 saturated heterocycles. The van der Waals surface area contributed by atoms with E-state index < -0.39 is 5.91 Å². The highest BCUT2D eigenvalue weighted by Crippen LogP contribution is 2.39. The second-order valence-corrected chi connectivity index (χ2v) is 5.16. The van der Waals surface area contributed by atoms with Crippen LogP contribution in [-0.2, 0) is 0 Å². The van der Waals surface area contributed by atoms with E-state index in [0.717, 1.165) is 0 Å². The molecule has 0 fully saturated rings. The van der Waals surface area contributed by atoms with Crippen LogP contribution in [0.15, 0.2) is 18.2 Å². The number of carbonyl (C=O) groups excluding carboxylic acids is 1. The molecule has 9 heteroatoms. The van der Waals surface area contributed by atoms with Crippen LogP contribution in [0.25, 0.3) is 0 Å². The first-order valence-corrected chi connectivity index (χ1v) is 6.77. The predicted molar refractivity (Wildman–Crippen MR) is 77.6 cm³/mol. The van der Waals surface area contributed by atoms with Crippen molar-refractivity contribution in [3.63, 3.8) is 0 Å². The Morgan fingerprint density at radius 3 is 2.57 bits per heavy atom. The molecule has 3 rings (SSSR count). The molecule has 1 N–H and O–H groups in total. The number of rotatable bonds is 2. The Hall–Kier alpha value is -1.76. The highest BCUT2D eigenvalue weighted by molar-refractivity contribution is 6.36. The normalized spacial score (nSPS) is 12.3. The first kappa shape index (κ1) is 14.2. The third kappa shape index (κ3) is 2.83. The van der Waals surface area contributed by atoms with Gasteiger partial charge in [-0.3, -0.25) is 4.79 Å². The van der Waals surface area contributed by atoms with Crippen molar-refractivity contribution in [3.8, 4) is 11.5 Å². The molecule has 0 aliphatic carbocycles. The summed E-state index contributed by atoms with van der Waals surface area (Å²) in [5.41, 5.74) is 0.445. The molecular formula is C12H6Cl3N3O3. The van der Waals surface area contributed by atoms with Gasteiger partial charge in [-0.1, -0.05) is 34.8 Å². The molecule has 6 nitrogen and oxygen atoms in total. The molecule has 1 aromatic carbocycles. The van der Waals surface area contributed by atoms with Crippen LogP contribution in [0.3, 0.4) is 0 Å². The van der Waals surface area contributed by atoms with Gasteiger partial charge in [-0.2, -0.15) is 0 Å². The molecular weight excluding hydrogens is 341 g/mol. The summed E-state index contributed by atoms with van der Waals surface area (Å²) in [7, 11) is 0. The van der Waals surface area contributed by atoms with E-state index in [0.29, 0.717) is 22.2 Å². The Labute approximate surface area is 133 Å². The van der Waals surface area contributed by atoms with Gasteiger partial charge >= 0.3 is 0 Å². The molecule has 0 bridgehead atoms. The van der Waals surface area contributed by atoms with E-state index in [2.05, 4.69) is 15.5 Å². The summed E-state index contributed by atoms with van der Waals surface area (Å²) in [5.74, 6) is 0.494. The van der Waals surface area contributed by atoms with Crippen LogP contribution in [0.4, 0.5) is 5.69 Å². The van der Waals surface area contributed by atoms with Gasteiger partial charge in [-0.15, -0.1) is 10.2 Å². The summed E-state index contributed by atoms with van der Waals surface area (Å²) in [6.45, 7) is 0.110. The number of benzene rings is 1.